The predicted molar refractivity (Wildman–Crippen MR) is 61.0 cm³/mol. The van der Waals surface area contributed by atoms with Gasteiger partial charge in [0.05, 0.1) is 12.9 Å². The summed E-state index contributed by atoms with van der Waals surface area (Å²) in [5, 5.41) is 1.14. The number of hydrogen-bond acceptors (Lipinski definition) is 3. The molecule has 0 fully saturated rings. The third-order valence-electron chi connectivity index (χ3n) is 2.13. The molecule has 78 valence electrons. The number of thioether (sulfide) groups is 1. The Morgan fingerprint density at radius 1 is 1.47 bits per heavy atom. The van der Waals surface area contributed by atoms with Crippen molar-refractivity contribution in [3.63, 3.8) is 0 Å². The van der Waals surface area contributed by atoms with Gasteiger partial charge in [0.1, 0.15) is 0 Å². The number of fused-ring (bicyclic) bond motifs is 1. The van der Waals surface area contributed by atoms with Crippen LogP contribution in [0.2, 0.25) is 0 Å². The number of aromatic amines is 1. The summed E-state index contributed by atoms with van der Waals surface area (Å²) in [5.74, 6) is 0.147. The quantitative estimate of drug-likeness (QED) is 0.639. The van der Waals surface area contributed by atoms with Gasteiger partial charge in [0, 0.05) is 22.0 Å². The Balaban J connectivity index is 2.20. The summed E-state index contributed by atoms with van der Waals surface area (Å²) in [4.78, 5) is 15.2. The molecule has 4 heteroatoms. The maximum atomic E-state index is 11.0. The number of H-pyrrole nitrogens is 1. The van der Waals surface area contributed by atoms with E-state index in [1.165, 1.54) is 18.9 Å². The molecule has 15 heavy (non-hydrogen) atoms. The van der Waals surface area contributed by atoms with Crippen LogP contribution in [0.15, 0.2) is 35.4 Å². The zero-order chi connectivity index (χ0) is 10.7. The fourth-order valence-corrected chi connectivity index (χ4v) is 2.28. The van der Waals surface area contributed by atoms with E-state index in [2.05, 4.69) is 9.72 Å². The van der Waals surface area contributed by atoms with Crippen molar-refractivity contribution in [1.29, 1.82) is 0 Å². The highest BCUT2D eigenvalue weighted by molar-refractivity contribution is 8.00. The van der Waals surface area contributed by atoms with Crippen molar-refractivity contribution in [2.24, 2.45) is 0 Å². The number of hydrogen-bond donors (Lipinski definition) is 1. The van der Waals surface area contributed by atoms with E-state index in [1.807, 2.05) is 30.5 Å². The van der Waals surface area contributed by atoms with Crippen molar-refractivity contribution in [1.82, 2.24) is 4.98 Å². The second-order valence-corrected chi connectivity index (χ2v) is 4.08. The lowest BCUT2D eigenvalue weighted by atomic mass is 10.2. The summed E-state index contributed by atoms with van der Waals surface area (Å²) >= 11 is 1.49. The Morgan fingerprint density at radius 3 is 3.13 bits per heavy atom. The molecule has 3 nitrogen and oxygen atoms in total. The lowest BCUT2D eigenvalue weighted by Gasteiger charge is -2.01. The van der Waals surface area contributed by atoms with Gasteiger partial charge in [-0.05, 0) is 18.2 Å². The largest absolute Gasteiger partial charge is 0.468 e. The zero-order valence-corrected chi connectivity index (χ0v) is 9.14. The lowest BCUT2D eigenvalue weighted by molar-refractivity contribution is -0.137. The van der Waals surface area contributed by atoms with Gasteiger partial charge in [0.25, 0.3) is 0 Å². The standard InChI is InChI=1S/C11H11NO2S/c1-14-11(13)7-15-10-4-2-3-9-8(10)5-6-12-9/h2-6,12H,7H2,1H3. The topological polar surface area (TPSA) is 42.1 Å². The van der Waals surface area contributed by atoms with Crippen LogP contribution in [0.5, 0.6) is 0 Å². The molecule has 0 atom stereocenters. The smallest absolute Gasteiger partial charge is 0.315 e. The van der Waals surface area contributed by atoms with Crippen LogP contribution >= 0.6 is 11.8 Å². The molecule has 0 bridgehead atoms. The Morgan fingerprint density at radius 2 is 2.33 bits per heavy atom. The Bertz CT molecular complexity index is 478. The number of nitrogens with one attached hydrogen (secondary N) is 1. The van der Waals surface area contributed by atoms with Crippen LogP contribution in [-0.2, 0) is 9.53 Å². The van der Waals surface area contributed by atoms with E-state index in [9.17, 15) is 4.79 Å². The van der Waals surface area contributed by atoms with Crippen LogP contribution in [0.4, 0.5) is 0 Å². The first kappa shape index (κ1) is 10.1. The molecule has 2 aromatic rings. The molecule has 1 heterocycles. The molecule has 0 unspecified atom stereocenters. The minimum absolute atomic E-state index is 0.201. The van der Waals surface area contributed by atoms with Crippen LogP contribution < -0.4 is 0 Å². The van der Waals surface area contributed by atoms with Crippen LogP contribution in [0.3, 0.4) is 0 Å². The molecule has 0 amide bonds. The van der Waals surface area contributed by atoms with Crippen LogP contribution in [0, 0.1) is 0 Å². The molecule has 2 rings (SSSR count). The molecule has 1 aromatic heterocycles. The van der Waals surface area contributed by atoms with Crippen molar-refractivity contribution >= 4 is 28.6 Å². The average Bonchev–Trinajstić information content (AvgIpc) is 2.74. The van der Waals surface area contributed by atoms with Crippen LogP contribution in [-0.4, -0.2) is 23.8 Å². The van der Waals surface area contributed by atoms with Crippen LogP contribution in [0.1, 0.15) is 0 Å². The minimum Gasteiger partial charge on any atom is -0.468 e. The van der Waals surface area contributed by atoms with Gasteiger partial charge in [-0.1, -0.05) is 6.07 Å². The first-order chi connectivity index (χ1) is 7.31. The average molecular weight is 221 g/mol. The molecule has 0 aliphatic rings. The summed E-state index contributed by atoms with van der Waals surface area (Å²) in [6.07, 6.45) is 1.90. The number of carbonyl (C=O) groups excluding carboxylic acids is 1. The fraction of sp³-hybridized carbons (Fsp3) is 0.182. The van der Waals surface area contributed by atoms with E-state index < -0.39 is 0 Å². The van der Waals surface area contributed by atoms with Gasteiger partial charge >= 0.3 is 5.97 Å². The highest BCUT2D eigenvalue weighted by atomic mass is 32.2. The number of benzene rings is 1. The Labute approximate surface area is 91.8 Å². The summed E-state index contributed by atoms with van der Waals surface area (Å²) < 4.78 is 4.60. The second kappa shape index (κ2) is 4.40. The lowest BCUT2D eigenvalue weighted by Crippen LogP contribution is -2.02. The number of rotatable bonds is 3. The molecule has 1 N–H and O–H groups in total. The van der Waals surface area contributed by atoms with E-state index in [1.54, 1.807) is 0 Å². The minimum atomic E-state index is -0.201. The maximum Gasteiger partial charge on any atom is 0.315 e. The zero-order valence-electron chi connectivity index (χ0n) is 8.32. The van der Waals surface area contributed by atoms with E-state index in [0.29, 0.717) is 5.75 Å². The number of esters is 1. The number of aromatic nitrogens is 1. The summed E-state index contributed by atoms with van der Waals surface area (Å²) in [5.41, 5.74) is 1.09. The monoisotopic (exact) mass is 221 g/mol. The maximum absolute atomic E-state index is 11.0. The molecule has 0 saturated heterocycles. The Hall–Kier alpha value is -1.42. The highest BCUT2D eigenvalue weighted by Crippen LogP contribution is 2.27. The molecular formula is C11H11NO2S. The normalized spacial score (nSPS) is 10.5. The van der Waals surface area contributed by atoms with Crippen molar-refractivity contribution in [2.75, 3.05) is 12.9 Å². The summed E-state index contributed by atoms with van der Waals surface area (Å²) in [7, 11) is 1.40. The predicted octanol–water partition coefficient (Wildman–Crippen LogP) is 2.43. The van der Waals surface area contributed by atoms with Crippen molar-refractivity contribution in [3.05, 3.63) is 30.5 Å². The first-order valence-electron chi connectivity index (χ1n) is 4.57. The van der Waals surface area contributed by atoms with Gasteiger partial charge in [-0.3, -0.25) is 4.79 Å². The van der Waals surface area contributed by atoms with Gasteiger partial charge in [-0.15, -0.1) is 11.8 Å². The third-order valence-corrected chi connectivity index (χ3v) is 3.18. The molecular weight excluding hydrogens is 210 g/mol. The molecule has 0 radical (unpaired) electrons. The van der Waals surface area contributed by atoms with Gasteiger partial charge in [-0.2, -0.15) is 0 Å². The van der Waals surface area contributed by atoms with Gasteiger partial charge in [0.2, 0.25) is 0 Å². The molecule has 0 aliphatic carbocycles. The van der Waals surface area contributed by atoms with Crippen molar-refractivity contribution in [2.45, 2.75) is 4.90 Å². The fourth-order valence-electron chi connectivity index (χ4n) is 1.38. The van der Waals surface area contributed by atoms with Gasteiger partial charge in [-0.25, -0.2) is 0 Å². The molecule has 0 spiro atoms. The molecule has 0 saturated carbocycles. The van der Waals surface area contributed by atoms with E-state index in [0.717, 1.165) is 15.8 Å². The highest BCUT2D eigenvalue weighted by Gasteiger charge is 2.05. The number of ether oxygens (including phenoxy) is 1. The van der Waals surface area contributed by atoms with E-state index >= 15 is 0 Å². The van der Waals surface area contributed by atoms with Gasteiger partial charge in [0.15, 0.2) is 0 Å². The van der Waals surface area contributed by atoms with E-state index in [-0.39, 0.29) is 5.97 Å². The van der Waals surface area contributed by atoms with Crippen molar-refractivity contribution in [3.8, 4) is 0 Å². The van der Waals surface area contributed by atoms with Crippen LogP contribution in [0.25, 0.3) is 10.9 Å². The second-order valence-electron chi connectivity index (χ2n) is 3.06. The summed E-state index contributed by atoms with van der Waals surface area (Å²) in [6.45, 7) is 0. The Kier molecular flexibility index (Phi) is 2.97. The molecule has 1 aromatic carbocycles. The number of carbonyl (C=O) groups is 1. The third kappa shape index (κ3) is 2.15. The first-order valence-corrected chi connectivity index (χ1v) is 5.55. The number of methoxy groups -OCH3 is 1. The molecule has 0 aliphatic heterocycles. The van der Waals surface area contributed by atoms with Gasteiger partial charge < -0.3 is 9.72 Å². The summed E-state index contributed by atoms with van der Waals surface area (Å²) in [6, 6.07) is 7.99. The van der Waals surface area contributed by atoms with Crippen molar-refractivity contribution < 1.29 is 9.53 Å². The SMILES string of the molecule is COC(=O)CSc1cccc2[nH]ccc12. The van der Waals surface area contributed by atoms with E-state index in [4.69, 9.17) is 0 Å².